The van der Waals surface area contributed by atoms with Gasteiger partial charge in [0.2, 0.25) is 5.91 Å². The van der Waals surface area contributed by atoms with Crippen molar-refractivity contribution in [3.8, 4) is 11.5 Å². The summed E-state index contributed by atoms with van der Waals surface area (Å²) in [5, 5.41) is 3.08. The first kappa shape index (κ1) is 26.8. The molecule has 2 unspecified atom stereocenters. The largest absolute Gasteiger partial charge is 0.497 e. The maximum atomic E-state index is 13.7. The van der Waals surface area contributed by atoms with Gasteiger partial charge in [-0.3, -0.25) is 9.59 Å². The van der Waals surface area contributed by atoms with Gasteiger partial charge in [-0.2, -0.15) is 0 Å². The van der Waals surface area contributed by atoms with Crippen molar-refractivity contribution in [1.29, 1.82) is 0 Å². The van der Waals surface area contributed by atoms with E-state index >= 15 is 0 Å². The molecule has 0 saturated carbocycles. The summed E-state index contributed by atoms with van der Waals surface area (Å²) in [6.45, 7) is 6.00. The minimum atomic E-state index is -0.708. The molecule has 0 fully saturated rings. The lowest BCUT2D eigenvalue weighted by molar-refractivity contribution is -0.143. The van der Waals surface area contributed by atoms with Crippen LogP contribution in [0.2, 0.25) is 0 Å². The van der Waals surface area contributed by atoms with Crippen LogP contribution in [-0.4, -0.2) is 42.5 Å². The van der Waals surface area contributed by atoms with Crippen molar-refractivity contribution in [3.63, 3.8) is 0 Å². The highest BCUT2D eigenvalue weighted by atomic mass is 16.5. The number of hydrogen-bond acceptors (Lipinski definition) is 4. The van der Waals surface area contributed by atoms with Gasteiger partial charge in [0.1, 0.15) is 17.5 Å². The van der Waals surface area contributed by atoms with Gasteiger partial charge in [0.15, 0.2) is 6.61 Å². The zero-order valence-electron chi connectivity index (χ0n) is 21.6. The van der Waals surface area contributed by atoms with Gasteiger partial charge in [-0.25, -0.2) is 0 Å². The number of carbonyl (C=O) groups excluding carboxylic acids is 2. The summed E-state index contributed by atoms with van der Waals surface area (Å²) >= 11 is 0. The zero-order valence-corrected chi connectivity index (χ0v) is 21.6. The lowest BCUT2D eigenvalue weighted by Crippen LogP contribution is -2.53. The third-order valence-corrected chi connectivity index (χ3v) is 6.20. The van der Waals surface area contributed by atoms with Crippen LogP contribution in [0.5, 0.6) is 11.5 Å². The van der Waals surface area contributed by atoms with Crippen molar-refractivity contribution in [2.75, 3.05) is 13.7 Å². The average Bonchev–Trinajstić information content (AvgIpc) is 2.90. The van der Waals surface area contributed by atoms with Crippen LogP contribution in [0.15, 0.2) is 78.9 Å². The van der Waals surface area contributed by atoms with Gasteiger partial charge < -0.3 is 19.7 Å². The number of carbonyl (C=O) groups is 2. The number of ether oxygens (including phenoxy) is 2. The molecule has 3 rings (SSSR count). The van der Waals surface area contributed by atoms with E-state index in [-0.39, 0.29) is 31.0 Å². The molecule has 6 nitrogen and oxygen atoms in total. The summed E-state index contributed by atoms with van der Waals surface area (Å²) in [5.74, 6) is 0.900. The molecule has 0 saturated heterocycles. The molecule has 2 atom stereocenters. The van der Waals surface area contributed by atoms with Crippen molar-refractivity contribution in [2.45, 2.75) is 52.2 Å². The van der Waals surface area contributed by atoms with Crippen molar-refractivity contribution >= 4 is 11.8 Å². The van der Waals surface area contributed by atoms with Gasteiger partial charge in [-0.05, 0) is 55.2 Å². The Hall–Kier alpha value is -3.80. The van der Waals surface area contributed by atoms with E-state index in [4.69, 9.17) is 9.47 Å². The predicted octanol–water partition coefficient (Wildman–Crippen LogP) is 4.94. The Morgan fingerprint density at radius 1 is 0.944 bits per heavy atom. The van der Waals surface area contributed by atoms with Crippen LogP contribution >= 0.6 is 0 Å². The van der Waals surface area contributed by atoms with Crippen LogP contribution in [0.25, 0.3) is 0 Å². The molecule has 2 amide bonds. The molecule has 0 radical (unpaired) electrons. The number of nitrogens with one attached hydrogen (secondary N) is 1. The highest BCUT2D eigenvalue weighted by Gasteiger charge is 2.31. The van der Waals surface area contributed by atoms with E-state index in [1.165, 1.54) is 0 Å². The number of hydrogen-bond donors (Lipinski definition) is 1. The molecule has 0 aliphatic heterocycles. The van der Waals surface area contributed by atoms with Crippen molar-refractivity contribution < 1.29 is 19.1 Å². The lowest BCUT2D eigenvalue weighted by Gasteiger charge is -2.32. The van der Waals surface area contributed by atoms with E-state index < -0.39 is 6.04 Å². The number of amides is 2. The van der Waals surface area contributed by atoms with E-state index in [0.29, 0.717) is 17.9 Å². The molecule has 3 aromatic carbocycles. The van der Waals surface area contributed by atoms with Gasteiger partial charge in [-0.15, -0.1) is 0 Å². The number of benzene rings is 3. The molecule has 1 N–H and O–H groups in total. The number of methoxy groups -OCH3 is 1. The number of nitrogens with zero attached hydrogens (tertiary/aromatic N) is 1. The molecule has 0 aliphatic rings. The van der Waals surface area contributed by atoms with Crippen LogP contribution in [-0.2, 0) is 22.6 Å². The zero-order chi connectivity index (χ0) is 25.9. The van der Waals surface area contributed by atoms with Crippen LogP contribution < -0.4 is 14.8 Å². The van der Waals surface area contributed by atoms with Crippen molar-refractivity contribution in [3.05, 3.63) is 95.6 Å². The maximum Gasteiger partial charge on any atom is 0.261 e. The molecule has 0 aromatic heterocycles. The quantitative estimate of drug-likeness (QED) is 0.392. The fourth-order valence-electron chi connectivity index (χ4n) is 3.90. The highest BCUT2D eigenvalue weighted by Crippen LogP contribution is 2.20. The Labute approximate surface area is 214 Å². The molecule has 36 heavy (non-hydrogen) atoms. The first-order chi connectivity index (χ1) is 17.4. The van der Waals surface area contributed by atoms with Gasteiger partial charge in [-0.1, -0.05) is 67.6 Å². The Morgan fingerprint density at radius 2 is 1.64 bits per heavy atom. The normalized spacial score (nSPS) is 12.3. The predicted molar refractivity (Wildman–Crippen MR) is 142 cm³/mol. The van der Waals surface area contributed by atoms with Gasteiger partial charge >= 0.3 is 0 Å². The molecular weight excluding hydrogens is 452 g/mol. The molecule has 0 heterocycles. The topological polar surface area (TPSA) is 67.9 Å². The standard InChI is InChI=1S/C30H36N2O4/c1-5-23(3)31-30(34)27(19-24-13-7-6-8-14-24)32(20-25-15-11-16-26(18-25)35-4)29(33)21-36-28-17-10-9-12-22(28)2/h6-18,23,27H,5,19-21H2,1-4H3,(H,31,34). The summed E-state index contributed by atoms with van der Waals surface area (Å²) in [6, 6.07) is 24.2. The third kappa shape index (κ3) is 7.60. The smallest absolute Gasteiger partial charge is 0.261 e. The van der Waals surface area contributed by atoms with E-state index in [1.807, 2.05) is 99.6 Å². The fraction of sp³-hybridized carbons (Fsp3) is 0.333. The fourth-order valence-corrected chi connectivity index (χ4v) is 3.90. The minimum Gasteiger partial charge on any atom is -0.497 e. The SMILES string of the molecule is CCC(C)NC(=O)C(Cc1ccccc1)N(Cc1cccc(OC)c1)C(=O)COc1ccccc1C. The van der Waals surface area contributed by atoms with E-state index in [1.54, 1.807) is 12.0 Å². The van der Waals surface area contributed by atoms with Crippen molar-refractivity contribution in [1.82, 2.24) is 10.2 Å². The Bertz CT molecular complexity index is 1130. The first-order valence-corrected chi connectivity index (χ1v) is 12.4. The highest BCUT2D eigenvalue weighted by molar-refractivity contribution is 5.88. The summed E-state index contributed by atoms with van der Waals surface area (Å²) in [4.78, 5) is 28.8. The minimum absolute atomic E-state index is 0.00670. The lowest BCUT2D eigenvalue weighted by atomic mass is 10.0. The summed E-state index contributed by atoms with van der Waals surface area (Å²) in [7, 11) is 1.61. The molecule has 0 spiro atoms. The number of aryl methyl sites for hydroxylation is 1. The second-order valence-corrected chi connectivity index (χ2v) is 8.95. The van der Waals surface area contributed by atoms with E-state index in [9.17, 15) is 9.59 Å². The van der Waals surface area contributed by atoms with Crippen LogP contribution in [0.1, 0.15) is 37.0 Å². The van der Waals surface area contributed by atoms with Crippen LogP contribution in [0.4, 0.5) is 0 Å². The molecule has 0 aliphatic carbocycles. The molecule has 0 bridgehead atoms. The maximum absolute atomic E-state index is 13.7. The number of rotatable bonds is 12. The number of para-hydroxylation sites is 1. The molecule has 3 aromatic rings. The van der Waals surface area contributed by atoms with Gasteiger partial charge in [0.05, 0.1) is 7.11 Å². The van der Waals surface area contributed by atoms with E-state index in [2.05, 4.69) is 5.32 Å². The van der Waals surface area contributed by atoms with Gasteiger partial charge in [0.25, 0.3) is 5.91 Å². The molecule has 6 heteroatoms. The van der Waals surface area contributed by atoms with Crippen molar-refractivity contribution in [2.24, 2.45) is 0 Å². The first-order valence-electron chi connectivity index (χ1n) is 12.4. The second-order valence-electron chi connectivity index (χ2n) is 8.95. The van der Waals surface area contributed by atoms with Crippen LogP contribution in [0.3, 0.4) is 0 Å². The summed E-state index contributed by atoms with van der Waals surface area (Å²) in [5.41, 5.74) is 2.79. The summed E-state index contributed by atoms with van der Waals surface area (Å²) in [6.07, 6.45) is 1.19. The Morgan fingerprint density at radius 3 is 2.33 bits per heavy atom. The molecule has 190 valence electrons. The van der Waals surface area contributed by atoms with Gasteiger partial charge in [0, 0.05) is 19.0 Å². The third-order valence-electron chi connectivity index (χ3n) is 6.20. The summed E-state index contributed by atoms with van der Waals surface area (Å²) < 4.78 is 11.3. The Kier molecular flexibility index (Phi) is 9.92. The monoisotopic (exact) mass is 488 g/mol. The Balaban J connectivity index is 1.94. The molecular formula is C30H36N2O4. The van der Waals surface area contributed by atoms with E-state index in [0.717, 1.165) is 23.1 Å². The second kappa shape index (κ2) is 13.3. The van der Waals surface area contributed by atoms with Crippen LogP contribution in [0, 0.1) is 6.92 Å². The average molecular weight is 489 g/mol.